The summed E-state index contributed by atoms with van der Waals surface area (Å²) in [6.45, 7) is 0.777. The summed E-state index contributed by atoms with van der Waals surface area (Å²) in [6.07, 6.45) is -0.852. The molecule has 0 radical (unpaired) electrons. The summed E-state index contributed by atoms with van der Waals surface area (Å²) in [5, 5.41) is 16.6. The van der Waals surface area contributed by atoms with Crippen molar-refractivity contribution in [3.63, 3.8) is 0 Å². The molecule has 0 aliphatic carbocycles. The molecule has 7 heteroatoms. The lowest BCUT2D eigenvalue weighted by Gasteiger charge is -2.16. The highest BCUT2D eigenvalue weighted by Gasteiger charge is 2.47. The van der Waals surface area contributed by atoms with E-state index in [1.165, 1.54) is 0 Å². The van der Waals surface area contributed by atoms with Gasteiger partial charge in [-0.25, -0.2) is 4.84 Å². The largest absolute Gasteiger partial charge is 0.371 e. The summed E-state index contributed by atoms with van der Waals surface area (Å²) >= 11 is 4.25. The van der Waals surface area contributed by atoms with Gasteiger partial charge < -0.3 is 9.47 Å². The summed E-state index contributed by atoms with van der Waals surface area (Å²) in [7, 11) is 0. The van der Waals surface area contributed by atoms with Gasteiger partial charge in [0.15, 0.2) is 0 Å². The lowest BCUT2D eigenvalue weighted by molar-refractivity contribution is -0.507. The Labute approximate surface area is 80.3 Å². The minimum Gasteiger partial charge on any atom is -0.371 e. The number of hydrogen-bond donors (Lipinski definition) is 3. The monoisotopic (exact) mass is 209 g/mol. The Balaban J connectivity index is 1.94. The SMILES string of the molecule is ON(O)O[C@@H]1COC2C(S)COC21. The Kier molecular flexibility index (Phi) is 2.75. The highest BCUT2D eigenvalue weighted by Crippen LogP contribution is 2.31. The molecule has 0 aromatic rings. The van der Waals surface area contributed by atoms with Crippen LogP contribution in [0.25, 0.3) is 0 Å². The zero-order valence-corrected chi connectivity index (χ0v) is 7.63. The number of nitrogens with zero attached hydrogens (tertiary/aromatic N) is 1. The summed E-state index contributed by atoms with van der Waals surface area (Å²) < 4.78 is 10.7. The van der Waals surface area contributed by atoms with Gasteiger partial charge in [-0.2, -0.15) is 12.6 Å². The van der Waals surface area contributed by atoms with Crippen molar-refractivity contribution >= 4 is 12.6 Å². The van der Waals surface area contributed by atoms with Crippen LogP contribution >= 0.6 is 12.6 Å². The minimum atomic E-state index is -0.475. The first kappa shape index (κ1) is 9.66. The van der Waals surface area contributed by atoms with E-state index in [-0.39, 0.29) is 29.5 Å². The van der Waals surface area contributed by atoms with Crippen molar-refractivity contribution < 1.29 is 24.7 Å². The molecule has 2 aliphatic heterocycles. The molecule has 0 spiro atoms. The molecule has 2 N–H and O–H groups in total. The molecule has 0 bridgehead atoms. The topological polar surface area (TPSA) is 71.4 Å². The molecule has 3 unspecified atom stereocenters. The Morgan fingerprint density at radius 1 is 1.23 bits per heavy atom. The standard InChI is InChI=1S/C6H11NO5S/c8-7(9)12-3-1-10-6-4(13)2-11-5(3)6/h3-6,8-9,13H,1-2H2/t3-,4?,5?,6?/m1/s1. The van der Waals surface area contributed by atoms with Crippen LogP contribution in [0.5, 0.6) is 0 Å². The molecule has 76 valence electrons. The predicted molar refractivity (Wildman–Crippen MR) is 42.5 cm³/mol. The van der Waals surface area contributed by atoms with Crippen LogP contribution in [0.15, 0.2) is 0 Å². The first-order chi connectivity index (χ1) is 6.18. The van der Waals surface area contributed by atoms with E-state index in [1.54, 1.807) is 0 Å². The molecule has 6 nitrogen and oxygen atoms in total. The van der Waals surface area contributed by atoms with E-state index in [0.29, 0.717) is 6.61 Å². The van der Waals surface area contributed by atoms with Gasteiger partial charge in [-0.15, -0.1) is 0 Å². The maximum atomic E-state index is 8.44. The molecular weight excluding hydrogens is 198 g/mol. The predicted octanol–water partition coefficient (Wildman–Crippen LogP) is -0.537. The maximum absolute atomic E-state index is 8.44. The first-order valence-corrected chi connectivity index (χ1v) is 4.46. The molecule has 13 heavy (non-hydrogen) atoms. The van der Waals surface area contributed by atoms with Gasteiger partial charge in [0.1, 0.15) is 18.3 Å². The Bertz CT molecular complexity index is 192. The summed E-state index contributed by atoms with van der Waals surface area (Å²) in [6, 6.07) is 0. The van der Waals surface area contributed by atoms with Crippen molar-refractivity contribution in [2.45, 2.75) is 23.6 Å². The molecule has 2 saturated heterocycles. The minimum absolute atomic E-state index is 0.0319. The molecule has 2 heterocycles. The van der Waals surface area contributed by atoms with Gasteiger partial charge in [0.05, 0.1) is 23.9 Å². The highest BCUT2D eigenvalue weighted by molar-refractivity contribution is 7.81. The third-order valence-corrected chi connectivity index (χ3v) is 2.65. The zero-order valence-electron chi connectivity index (χ0n) is 6.74. The van der Waals surface area contributed by atoms with Gasteiger partial charge in [0.2, 0.25) is 0 Å². The van der Waals surface area contributed by atoms with Gasteiger partial charge in [-0.05, 0) is 0 Å². The third kappa shape index (κ3) is 1.82. The van der Waals surface area contributed by atoms with Crippen molar-refractivity contribution in [2.75, 3.05) is 13.2 Å². The number of fused-ring (bicyclic) bond motifs is 1. The second-order valence-corrected chi connectivity index (χ2v) is 3.72. The average molecular weight is 209 g/mol. The van der Waals surface area contributed by atoms with Crippen molar-refractivity contribution in [1.82, 2.24) is 5.39 Å². The molecule has 0 amide bonds. The molecular formula is C6H11NO5S. The van der Waals surface area contributed by atoms with Crippen LogP contribution in [0.3, 0.4) is 0 Å². The first-order valence-electron chi connectivity index (χ1n) is 3.94. The van der Waals surface area contributed by atoms with Crippen LogP contribution in [0.4, 0.5) is 0 Å². The maximum Gasteiger partial charge on any atom is 0.136 e. The zero-order chi connectivity index (χ0) is 9.42. The van der Waals surface area contributed by atoms with E-state index >= 15 is 0 Å². The fourth-order valence-corrected chi connectivity index (χ4v) is 2.00. The molecule has 0 aromatic carbocycles. The van der Waals surface area contributed by atoms with Crippen LogP contribution in [0.1, 0.15) is 0 Å². The van der Waals surface area contributed by atoms with E-state index in [9.17, 15) is 0 Å². The molecule has 0 aromatic heterocycles. The molecule has 2 fully saturated rings. The molecule has 2 aliphatic rings. The smallest absolute Gasteiger partial charge is 0.136 e. The Morgan fingerprint density at radius 2 is 1.92 bits per heavy atom. The van der Waals surface area contributed by atoms with Crippen molar-refractivity contribution in [3.05, 3.63) is 0 Å². The van der Waals surface area contributed by atoms with Gasteiger partial charge in [0, 0.05) is 0 Å². The summed E-state index contributed by atoms with van der Waals surface area (Å²) in [4.78, 5) is 4.63. The second-order valence-electron chi connectivity index (χ2n) is 3.06. The van der Waals surface area contributed by atoms with Crippen molar-refractivity contribution in [1.29, 1.82) is 0 Å². The lowest BCUT2D eigenvalue weighted by Crippen LogP contribution is -2.35. The average Bonchev–Trinajstić information content (AvgIpc) is 2.56. The molecule has 0 saturated carbocycles. The van der Waals surface area contributed by atoms with Crippen molar-refractivity contribution in [2.24, 2.45) is 0 Å². The van der Waals surface area contributed by atoms with Gasteiger partial charge >= 0.3 is 0 Å². The third-order valence-electron chi connectivity index (χ3n) is 2.21. The van der Waals surface area contributed by atoms with Gasteiger partial charge in [-0.3, -0.25) is 10.4 Å². The fourth-order valence-electron chi connectivity index (χ4n) is 1.66. The van der Waals surface area contributed by atoms with Gasteiger partial charge in [0.25, 0.3) is 0 Å². The Morgan fingerprint density at radius 3 is 2.62 bits per heavy atom. The van der Waals surface area contributed by atoms with Crippen LogP contribution in [-0.4, -0.2) is 52.6 Å². The van der Waals surface area contributed by atoms with Crippen LogP contribution in [0.2, 0.25) is 0 Å². The van der Waals surface area contributed by atoms with Crippen LogP contribution < -0.4 is 0 Å². The van der Waals surface area contributed by atoms with E-state index < -0.39 is 6.10 Å². The lowest BCUT2D eigenvalue weighted by atomic mass is 10.1. The fraction of sp³-hybridized carbons (Fsp3) is 1.00. The normalized spacial score (nSPS) is 44.3. The highest BCUT2D eigenvalue weighted by atomic mass is 32.1. The quantitative estimate of drug-likeness (QED) is 0.419. The van der Waals surface area contributed by atoms with Crippen molar-refractivity contribution in [3.8, 4) is 0 Å². The summed E-state index contributed by atoms with van der Waals surface area (Å²) in [5.41, 5.74) is 0. The van der Waals surface area contributed by atoms with E-state index in [4.69, 9.17) is 19.9 Å². The van der Waals surface area contributed by atoms with E-state index in [0.717, 1.165) is 0 Å². The van der Waals surface area contributed by atoms with Gasteiger partial charge in [-0.1, -0.05) is 0 Å². The van der Waals surface area contributed by atoms with Crippen LogP contribution in [0, 0.1) is 0 Å². The number of thiol groups is 1. The second kappa shape index (κ2) is 3.70. The van der Waals surface area contributed by atoms with E-state index in [1.807, 2.05) is 0 Å². The number of rotatable bonds is 2. The van der Waals surface area contributed by atoms with E-state index in [2.05, 4.69) is 17.5 Å². The summed E-state index contributed by atoms with van der Waals surface area (Å²) in [5.74, 6) is 0. The van der Waals surface area contributed by atoms with Crippen LogP contribution in [-0.2, 0) is 14.3 Å². The number of hydrogen-bond acceptors (Lipinski definition) is 7. The number of ether oxygens (including phenoxy) is 2. The molecule has 4 atom stereocenters. The molecule has 2 rings (SSSR count). The Hall–Kier alpha value is 0.110.